The van der Waals surface area contributed by atoms with Crippen molar-refractivity contribution in [1.29, 1.82) is 0 Å². The van der Waals surface area contributed by atoms with E-state index in [0.717, 1.165) is 25.7 Å². The molecule has 0 heterocycles. The van der Waals surface area contributed by atoms with Crippen molar-refractivity contribution in [2.24, 2.45) is 17.3 Å². The lowest BCUT2D eigenvalue weighted by Crippen LogP contribution is -2.38. The van der Waals surface area contributed by atoms with Gasteiger partial charge in [0.1, 0.15) is 6.23 Å². The fourth-order valence-corrected chi connectivity index (χ4v) is 3.96. The highest BCUT2D eigenvalue weighted by molar-refractivity contribution is 7.38. The monoisotopic (exact) mass is 406 g/mol. The number of ether oxygens (including phenoxy) is 2. The van der Waals surface area contributed by atoms with Gasteiger partial charge >= 0.3 is 20.1 Å². The summed E-state index contributed by atoms with van der Waals surface area (Å²) in [6, 6.07) is 0. The Morgan fingerprint density at radius 3 is 2.44 bits per heavy atom. The molecule has 0 radical (unpaired) electrons. The fraction of sp³-hybridized carbons (Fsp3) is 0.889. The van der Waals surface area contributed by atoms with Gasteiger partial charge in [-0.05, 0) is 56.9 Å². The zero-order valence-electron chi connectivity index (χ0n) is 16.6. The van der Waals surface area contributed by atoms with Crippen LogP contribution >= 0.6 is 8.03 Å². The number of hydrogen-bond acceptors (Lipinski definition) is 6. The van der Waals surface area contributed by atoms with Gasteiger partial charge in [0.15, 0.2) is 6.16 Å². The van der Waals surface area contributed by atoms with Crippen molar-refractivity contribution in [2.45, 2.75) is 78.7 Å². The molecule has 5 unspecified atom stereocenters. The Balaban J connectivity index is 2.29. The summed E-state index contributed by atoms with van der Waals surface area (Å²) in [5.41, 5.74) is -0.700. The third-order valence-electron chi connectivity index (χ3n) is 4.60. The van der Waals surface area contributed by atoms with Crippen molar-refractivity contribution in [2.75, 3.05) is 6.16 Å². The molecule has 0 spiro atoms. The smallest absolute Gasteiger partial charge is 0.425 e. The number of aliphatic hydroxyl groups excluding tert-OH is 1. The van der Waals surface area contributed by atoms with E-state index < -0.39 is 38.0 Å². The second kappa shape index (κ2) is 10.9. The van der Waals surface area contributed by atoms with Gasteiger partial charge in [-0.15, -0.1) is 0 Å². The Bertz CT molecular complexity index is 520. The lowest BCUT2D eigenvalue weighted by Gasteiger charge is -2.27. The molecule has 0 aromatic heterocycles. The van der Waals surface area contributed by atoms with E-state index in [1.165, 1.54) is 6.92 Å². The molecule has 1 rings (SSSR count). The van der Waals surface area contributed by atoms with Gasteiger partial charge in [0.25, 0.3) is 0 Å². The number of rotatable bonds is 8. The Labute approximate surface area is 161 Å². The van der Waals surface area contributed by atoms with E-state index in [2.05, 4.69) is 5.32 Å². The number of carbonyl (C=O) groups excluding carboxylic acids is 2. The molecule has 0 aliphatic heterocycles. The number of hydrogen-bond donors (Lipinski definition) is 3. The van der Waals surface area contributed by atoms with Crippen LogP contribution in [0, 0.1) is 17.3 Å². The molecule has 3 N–H and O–H groups in total. The molecule has 1 saturated carbocycles. The third kappa shape index (κ3) is 10.0. The molecule has 0 aromatic rings. The van der Waals surface area contributed by atoms with E-state index in [4.69, 9.17) is 14.4 Å². The zero-order valence-corrected chi connectivity index (χ0v) is 17.5. The van der Waals surface area contributed by atoms with E-state index >= 15 is 0 Å². The lowest BCUT2D eigenvalue weighted by atomic mass is 9.80. The average Bonchev–Trinajstić information content (AvgIpc) is 2.51. The van der Waals surface area contributed by atoms with Gasteiger partial charge in [0.05, 0.1) is 5.41 Å². The van der Waals surface area contributed by atoms with Gasteiger partial charge < -0.3 is 14.6 Å². The molecule has 0 aromatic carbocycles. The van der Waals surface area contributed by atoms with Crippen molar-refractivity contribution < 1.29 is 33.6 Å². The number of esters is 1. The molecular formula is C18H33NO7P+. The van der Waals surface area contributed by atoms with Crippen LogP contribution in [-0.2, 0) is 18.8 Å². The summed E-state index contributed by atoms with van der Waals surface area (Å²) in [6.45, 7) is 6.52. The van der Waals surface area contributed by atoms with E-state index in [1.54, 1.807) is 20.8 Å². The Morgan fingerprint density at radius 2 is 1.85 bits per heavy atom. The molecule has 8 nitrogen and oxygen atoms in total. The molecule has 1 fully saturated rings. The molecule has 1 amide bonds. The Hall–Kier alpha value is -1.24. The maximum absolute atomic E-state index is 11.8. The SMILES string of the molecule is CC(OC(=O)NC(O)CCC1CCCC(C[P+](=O)O)C1)OC(=O)C(C)(C)C. The first-order chi connectivity index (χ1) is 12.5. The highest BCUT2D eigenvalue weighted by atomic mass is 31.1. The predicted molar refractivity (Wildman–Crippen MR) is 100 cm³/mol. The number of amides is 1. The van der Waals surface area contributed by atoms with E-state index in [1.807, 2.05) is 0 Å². The van der Waals surface area contributed by atoms with Crippen LogP contribution in [0.5, 0.6) is 0 Å². The average molecular weight is 406 g/mol. The highest BCUT2D eigenvalue weighted by Crippen LogP contribution is 2.35. The van der Waals surface area contributed by atoms with Crippen LogP contribution in [0.3, 0.4) is 0 Å². The van der Waals surface area contributed by atoms with E-state index in [0.29, 0.717) is 24.9 Å². The number of alkyl carbamates (subject to hydrolysis) is 1. The second-order valence-corrected chi connectivity index (χ2v) is 9.37. The van der Waals surface area contributed by atoms with Crippen LogP contribution in [0.4, 0.5) is 4.79 Å². The van der Waals surface area contributed by atoms with Gasteiger partial charge in [-0.1, -0.05) is 12.8 Å². The van der Waals surface area contributed by atoms with Crippen LogP contribution < -0.4 is 5.32 Å². The molecule has 27 heavy (non-hydrogen) atoms. The number of aliphatic hydroxyl groups is 1. The van der Waals surface area contributed by atoms with Crippen LogP contribution in [0.1, 0.15) is 66.2 Å². The summed E-state index contributed by atoms with van der Waals surface area (Å²) >= 11 is 0. The van der Waals surface area contributed by atoms with Gasteiger partial charge in [-0.25, -0.2) is 4.79 Å². The molecule has 0 saturated heterocycles. The minimum Gasteiger partial charge on any atom is -0.425 e. The number of nitrogens with one attached hydrogen (secondary N) is 1. The standard InChI is InChI=1S/C18H32NO7P/c1-12(25-16(21)18(2,3)4)26-17(22)19-15(20)9-8-13-6-5-7-14(10-13)11-27(23)24/h12-15,20H,5-11H2,1-4H3,(H-,19,22,23,24)/p+1. The van der Waals surface area contributed by atoms with Crippen LogP contribution in [0.15, 0.2) is 0 Å². The van der Waals surface area contributed by atoms with Crippen LogP contribution in [0.25, 0.3) is 0 Å². The first-order valence-electron chi connectivity index (χ1n) is 9.47. The molecule has 156 valence electrons. The predicted octanol–water partition coefficient (Wildman–Crippen LogP) is 3.29. The third-order valence-corrected chi connectivity index (χ3v) is 5.43. The lowest BCUT2D eigenvalue weighted by molar-refractivity contribution is -0.174. The van der Waals surface area contributed by atoms with Gasteiger partial charge in [0.2, 0.25) is 6.29 Å². The molecule has 0 bridgehead atoms. The van der Waals surface area contributed by atoms with Crippen molar-refractivity contribution >= 4 is 20.1 Å². The maximum atomic E-state index is 11.8. The summed E-state index contributed by atoms with van der Waals surface area (Å²) in [7, 11) is -2.11. The first-order valence-corrected chi connectivity index (χ1v) is 10.9. The van der Waals surface area contributed by atoms with Gasteiger partial charge in [0, 0.05) is 12.8 Å². The van der Waals surface area contributed by atoms with E-state index in [9.17, 15) is 19.3 Å². The fourth-order valence-electron chi connectivity index (χ4n) is 3.19. The van der Waals surface area contributed by atoms with Gasteiger partial charge in [-0.3, -0.25) is 10.1 Å². The Morgan fingerprint density at radius 1 is 1.22 bits per heavy atom. The van der Waals surface area contributed by atoms with Crippen molar-refractivity contribution in [1.82, 2.24) is 5.32 Å². The molecule has 9 heteroatoms. The van der Waals surface area contributed by atoms with Crippen LogP contribution in [0.2, 0.25) is 0 Å². The first kappa shape index (κ1) is 23.8. The molecular weight excluding hydrogens is 373 g/mol. The summed E-state index contributed by atoms with van der Waals surface area (Å²) in [6.07, 6.45) is 2.34. The largest absolute Gasteiger partial charge is 0.505 e. The molecule has 1 aliphatic carbocycles. The van der Waals surface area contributed by atoms with Crippen LogP contribution in [-0.4, -0.2) is 40.7 Å². The second-order valence-electron chi connectivity index (χ2n) is 8.30. The topological polar surface area (TPSA) is 122 Å². The summed E-state index contributed by atoms with van der Waals surface area (Å²) in [5, 5.41) is 12.3. The molecule has 5 atom stereocenters. The van der Waals surface area contributed by atoms with Crippen molar-refractivity contribution in [3.63, 3.8) is 0 Å². The van der Waals surface area contributed by atoms with Gasteiger partial charge in [-0.2, -0.15) is 4.89 Å². The summed E-state index contributed by atoms with van der Waals surface area (Å²) in [5.74, 6) is 0.142. The van der Waals surface area contributed by atoms with Crippen molar-refractivity contribution in [3.05, 3.63) is 0 Å². The summed E-state index contributed by atoms with van der Waals surface area (Å²) < 4.78 is 20.9. The molecule has 1 aliphatic rings. The van der Waals surface area contributed by atoms with E-state index in [-0.39, 0.29) is 5.92 Å². The summed E-state index contributed by atoms with van der Waals surface area (Å²) in [4.78, 5) is 32.6. The number of carbonyl (C=O) groups is 2. The maximum Gasteiger partial charge on any atom is 0.505 e. The van der Waals surface area contributed by atoms with Crippen molar-refractivity contribution in [3.8, 4) is 0 Å². The Kier molecular flexibility index (Phi) is 9.63. The zero-order chi connectivity index (χ0) is 20.6. The highest BCUT2D eigenvalue weighted by Gasteiger charge is 2.29. The minimum absolute atomic E-state index is 0.255. The minimum atomic E-state index is -2.11. The quantitative estimate of drug-likeness (QED) is 0.321. The normalized spacial score (nSPS) is 23.1.